The Kier molecular flexibility index (Phi) is 4.33. The first kappa shape index (κ1) is 15.3. The van der Waals surface area contributed by atoms with Gasteiger partial charge in [0, 0.05) is 17.8 Å². The molecule has 0 spiro atoms. The first-order valence-electron chi connectivity index (χ1n) is 7.71. The number of rotatable bonds is 4. The minimum atomic E-state index is -0.200. The number of hydrogen-bond acceptors (Lipinski definition) is 5. The van der Waals surface area contributed by atoms with E-state index in [1.54, 1.807) is 0 Å². The van der Waals surface area contributed by atoms with E-state index in [2.05, 4.69) is 20.5 Å². The lowest BCUT2D eigenvalue weighted by Gasteiger charge is -2.15. The van der Waals surface area contributed by atoms with Gasteiger partial charge in [-0.3, -0.25) is 9.20 Å². The second-order valence-corrected chi connectivity index (χ2v) is 7.18. The second kappa shape index (κ2) is 6.24. The van der Waals surface area contributed by atoms with Gasteiger partial charge in [-0.05, 0) is 33.6 Å². The van der Waals surface area contributed by atoms with E-state index in [-0.39, 0.29) is 11.2 Å². The highest BCUT2D eigenvalue weighted by Gasteiger charge is 2.23. The summed E-state index contributed by atoms with van der Waals surface area (Å²) in [5, 5.41) is 12.0. The van der Waals surface area contributed by atoms with Crippen LogP contribution in [0.2, 0.25) is 0 Å². The molecule has 0 unspecified atom stereocenters. The molecule has 1 amide bonds. The Morgan fingerprint density at radius 3 is 2.82 bits per heavy atom. The summed E-state index contributed by atoms with van der Waals surface area (Å²) in [5.41, 5.74) is 1.69. The van der Waals surface area contributed by atoms with Crippen molar-refractivity contribution in [3.05, 3.63) is 17.6 Å². The van der Waals surface area contributed by atoms with Crippen LogP contribution in [0.25, 0.3) is 5.65 Å². The summed E-state index contributed by atoms with van der Waals surface area (Å²) in [6.45, 7) is 5.77. The van der Waals surface area contributed by atoms with Crippen LogP contribution < -0.4 is 5.32 Å². The van der Waals surface area contributed by atoms with Gasteiger partial charge in [0.25, 0.3) is 0 Å². The maximum absolute atomic E-state index is 12.3. The molecule has 2 heterocycles. The maximum Gasteiger partial charge on any atom is 0.233 e. The highest BCUT2D eigenvalue weighted by Crippen LogP contribution is 2.24. The number of amides is 1. The van der Waals surface area contributed by atoms with Crippen molar-refractivity contribution < 1.29 is 4.79 Å². The SMILES string of the molecule is Cc1cc2nnc(S[C@@H](C)C(=O)NC3CCCC3)n2c(C)n1. The second-order valence-electron chi connectivity index (χ2n) is 5.87. The number of carbonyl (C=O) groups excluding carboxylic acids is 1. The van der Waals surface area contributed by atoms with Crippen LogP contribution in [-0.4, -0.2) is 36.8 Å². The fourth-order valence-electron chi connectivity index (χ4n) is 2.88. The van der Waals surface area contributed by atoms with Crippen molar-refractivity contribution in [3.8, 4) is 0 Å². The Bertz CT molecular complexity index is 693. The maximum atomic E-state index is 12.3. The van der Waals surface area contributed by atoms with Crippen molar-refractivity contribution in [2.24, 2.45) is 0 Å². The van der Waals surface area contributed by atoms with Gasteiger partial charge in [-0.15, -0.1) is 10.2 Å². The monoisotopic (exact) mass is 319 g/mol. The Labute approximate surface area is 134 Å². The molecule has 2 aromatic rings. The zero-order valence-electron chi connectivity index (χ0n) is 13.2. The number of aryl methyl sites for hydroxylation is 2. The van der Waals surface area contributed by atoms with Crippen LogP contribution in [0, 0.1) is 13.8 Å². The standard InChI is InChI=1S/C15H21N5OS/c1-9-8-13-18-19-15(20(13)11(3)16-9)22-10(2)14(21)17-12-6-4-5-7-12/h8,10,12H,4-7H2,1-3H3,(H,17,21)/t10-/m0/s1. The molecule has 1 aliphatic carbocycles. The van der Waals surface area contributed by atoms with E-state index in [9.17, 15) is 4.79 Å². The molecule has 7 heteroatoms. The number of fused-ring (bicyclic) bond motifs is 1. The Balaban J connectivity index is 1.73. The summed E-state index contributed by atoms with van der Waals surface area (Å²) in [6, 6.07) is 2.24. The molecular formula is C15H21N5OS. The van der Waals surface area contributed by atoms with Gasteiger partial charge < -0.3 is 5.32 Å². The number of aromatic nitrogens is 4. The number of hydrogen-bond donors (Lipinski definition) is 1. The van der Waals surface area contributed by atoms with E-state index in [0.29, 0.717) is 11.2 Å². The van der Waals surface area contributed by atoms with Crippen molar-refractivity contribution in [3.63, 3.8) is 0 Å². The largest absolute Gasteiger partial charge is 0.352 e. The first-order valence-corrected chi connectivity index (χ1v) is 8.59. The van der Waals surface area contributed by atoms with Gasteiger partial charge in [0.05, 0.1) is 5.25 Å². The molecule has 1 fully saturated rings. The average Bonchev–Trinajstić information content (AvgIpc) is 3.08. The number of thioether (sulfide) groups is 1. The van der Waals surface area contributed by atoms with Gasteiger partial charge in [0.1, 0.15) is 5.82 Å². The fraction of sp³-hybridized carbons (Fsp3) is 0.600. The third-order valence-electron chi connectivity index (χ3n) is 4.01. The molecule has 1 N–H and O–H groups in total. The molecule has 0 saturated heterocycles. The topological polar surface area (TPSA) is 72.2 Å². The van der Waals surface area contributed by atoms with E-state index < -0.39 is 0 Å². The molecule has 118 valence electrons. The zero-order valence-corrected chi connectivity index (χ0v) is 14.0. The molecule has 0 aliphatic heterocycles. The van der Waals surface area contributed by atoms with Gasteiger partial charge in [0.2, 0.25) is 5.91 Å². The minimum Gasteiger partial charge on any atom is -0.352 e. The molecule has 1 atom stereocenters. The summed E-state index contributed by atoms with van der Waals surface area (Å²) in [4.78, 5) is 16.7. The van der Waals surface area contributed by atoms with Crippen molar-refractivity contribution in [1.82, 2.24) is 24.9 Å². The summed E-state index contributed by atoms with van der Waals surface area (Å²) in [7, 11) is 0. The molecular weight excluding hydrogens is 298 g/mol. The summed E-state index contributed by atoms with van der Waals surface area (Å²) in [5.74, 6) is 0.914. The van der Waals surface area contributed by atoms with E-state index >= 15 is 0 Å². The molecule has 0 bridgehead atoms. The summed E-state index contributed by atoms with van der Waals surface area (Å²) < 4.78 is 1.90. The van der Waals surface area contributed by atoms with Crippen LogP contribution in [0.1, 0.15) is 44.1 Å². The number of nitrogens with one attached hydrogen (secondary N) is 1. The van der Waals surface area contributed by atoms with Crippen molar-refractivity contribution in [1.29, 1.82) is 0 Å². The van der Waals surface area contributed by atoms with E-state index in [1.165, 1.54) is 24.6 Å². The molecule has 2 aromatic heterocycles. The van der Waals surface area contributed by atoms with Crippen LogP contribution in [0.3, 0.4) is 0 Å². The van der Waals surface area contributed by atoms with Crippen LogP contribution in [0.5, 0.6) is 0 Å². The molecule has 1 aliphatic rings. The average molecular weight is 319 g/mol. The quantitative estimate of drug-likeness (QED) is 0.875. The highest BCUT2D eigenvalue weighted by atomic mass is 32.2. The van der Waals surface area contributed by atoms with Gasteiger partial charge in [-0.2, -0.15) is 0 Å². The third-order valence-corrected chi connectivity index (χ3v) is 5.05. The van der Waals surface area contributed by atoms with Gasteiger partial charge in [0.15, 0.2) is 10.8 Å². The Morgan fingerprint density at radius 1 is 1.36 bits per heavy atom. The summed E-state index contributed by atoms with van der Waals surface area (Å²) >= 11 is 1.43. The van der Waals surface area contributed by atoms with Crippen molar-refractivity contribution in [2.45, 2.75) is 62.9 Å². The zero-order chi connectivity index (χ0) is 15.7. The lowest BCUT2D eigenvalue weighted by Crippen LogP contribution is -2.37. The number of nitrogens with zero attached hydrogens (tertiary/aromatic N) is 4. The minimum absolute atomic E-state index is 0.0753. The van der Waals surface area contributed by atoms with E-state index in [1.807, 2.05) is 31.2 Å². The van der Waals surface area contributed by atoms with E-state index in [4.69, 9.17) is 0 Å². The Morgan fingerprint density at radius 2 is 2.09 bits per heavy atom. The predicted molar refractivity (Wildman–Crippen MR) is 86.0 cm³/mol. The van der Waals surface area contributed by atoms with Crippen LogP contribution in [0.15, 0.2) is 11.2 Å². The van der Waals surface area contributed by atoms with Gasteiger partial charge in [-0.1, -0.05) is 24.6 Å². The summed E-state index contributed by atoms with van der Waals surface area (Å²) in [6.07, 6.45) is 4.62. The lowest BCUT2D eigenvalue weighted by atomic mass is 10.2. The third kappa shape index (κ3) is 3.09. The smallest absolute Gasteiger partial charge is 0.233 e. The first-order chi connectivity index (χ1) is 10.5. The van der Waals surface area contributed by atoms with Crippen LogP contribution in [-0.2, 0) is 4.79 Å². The molecule has 6 nitrogen and oxygen atoms in total. The highest BCUT2D eigenvalue weighted by molar-refractivity contribution is 8.00. The Hall–Kier alpha value is -1.63. The van der Waals surface area contributed by atoms with Crippen molar-refractivity contribution in [2.75, 3.05) is 0 Å². The van der Waals surface area contributed by atoms with Gasteiger partial charge in [-0.25, -0.2) is 4.98 Å². The molecule has 0 radical (unpaired) electrons. The molecule has 1 saturated carbocycles. The van der Waals surface area contributed by atoms with Crippen LogP contribution in [0.4, 0.5) is 0 Å². The van der Waals surface area contributed by atoms with Gasteiger partial charge >= 0.3 is 0 Å². The normalized spacial score (nSPS) is 17.0. The molecule has 22 heavy (non-hydrogen) atoms. The molecule has 0 aromatic carbocycles. The number of carbonyl (C=O) groups is 1. The molecule has 3 rings (SSSR count). The fourth-order valence-corrected chi connectivity index (χ4v) is 3.79. The van der Waals surface area contributed by atoms with Crippen LogP contribution >= 0.6 is 11.8 Å². The lowest BCUT2D eigenvalue weighted by molar-refractivity contribution is -0.120. The van der Waals surface area contributed by atoms with Crippen molar-refractivity contribution >= 4 is 23.3 Å². The predicted octanol–water partition coefficient (Wildman–Crippen LogP) is 2.28. The van der Waals surface area contributed by atoms with E-state index in [0.717, 1.165) is 30.0 Å².